The van der Waals surface area contributed by atoms with E-state index in [1.807, 2.05) is 20.8 Å². The lowest BCUT2D eigenvalue weighted by Gasteiger charge is -2.24. The van der Waals surface area contributed by atoms with E-state index >= 15 is 0 Å². The minimum Gasteiger partial charge on any atom is -0.341 e. The van der Waals surface area contributed by atoms with Crippen LogP contribution in [-0.4, -0.2) is 24.6 Å². The van der Waals surface area contributed by atoms with Gasteiger partial charge in [0, 0.05) is 6.26 Å². The molecule has 1 atom stereocenters. The van der Waals surface area contributed by atoms with Gasteiger partial charge in [0.25, 0.3) is 0 Å². The van der Waals surface area contributed by atoms with Crippen LogP contribution >= 0.6 is 0 Å². The first-order valence-corrected chi connectivity index (χ1v) is 7.94. The van der Waals surface area contributed by atoms with Crippen LogP contribution in [0.25, 0.3) is 11.0 Å². The van der Waals surface area contributed by atoms with Crippen molar-refractivity contribution in [3.8, 4) is 0 Å². The molecule has 0 aliphatic carbocycles. The maximum absolute atomic E-state index is 11.7. The highest BCUT2D eigenvalue weighted by Gasteiger charge is 2.26. The summed E-state index contributed by atoms with van der Waals surface area (Å²) in [5.74, 6) is 0.610. The molecule has 0 saturated heterocycles. The van der Waals surface area contributed by atoms with Crippen molar-refractivity contribution in [1.82, 2.24) is 9.97 Å². The van der Waals surface area contributed by atoms with Crippen LogP contribution in [0.2, 0.25) is 0 Å². The first kappa shape index (κ1) is 14.0. The van der Waals surface area contributed by atoms with Crippen molar-refractivity contribution in [3.63, 3.8) is 0 Å². The lowest BCUT2D eigenvalue weighted by Crippen LogP contribution is -2.27. The van der Waals surface area contributed by atoms with Crippen LogP contribution in [0.15, 0.2) is 23.1 Å². The molecular formula is C13H19N3O2S. The van der Waals surface area contributed by atoms with Crippen LogP contribution < -0.4 is 5.73 Å². The fourth-order valence-corrected chi connectivity index (χ4v) is 2.71. The molecule has 19 heavy (non-hydrogen) atoms. The fourth-order valence-electron chi connectivity index (χ4n) is 1.88. The van der Waals surface area contributed by atoms with Crippen molar-refractivity contribution in [3.05, 3.63) is 24.0 Å². The molecule has 1 aromatic carbocycles. The smallest absolute Gasteiger partial charge is 0.177 e. The summed E-state index contributed by atoms with van der Waals surface area (Å²) in [5.41, 5.74) is 7.15. The summed E-state index contributed by atoms with van der Waals surface area (Å²) >= 11 is 0. The molecule has 2 rings (SSSR count). The Morgan fingerprint density at radius 1 is 1.32 bits per heavy atom. The zero-order chi connectivity index (χ0) is 14.4. The Hall–Kier alpha value is -1.40. The normalized spacial score (nSPS) is 14.8. The van der Waals surface area contributed by atoms with E-state index in [1.54, 1.807) is 18.2 Å². The number of nitrogens with one attached hydrogen (secondary N) is 1. The van der Waals surface area contributed by atoms with Crippen LogP contribution in [-0.2, 0) is 9.84 Å². The second-order valence-corrected chi connectivity index (χ2v) is 7.87. The summed E-state index contributed by atoms with van der Waals surface area (Å²) < 4.78 is 23.5. The number of aromatic amines is 1. The van der Waals surface area contributed by atoms with Crippen molar-refractivity contribution < 1.29 is 8.42 Å². The van der Waals surface area contributed by atoms with Crippen LogP contribution in [0.3, 0.4) is 0 Å². The number of rotatable bonds is 2. The van der Waals surface area contributed by atoms with Gasteiger partial charge >= 0.3 is 0 Å². The Balaban J connectivity index is 2.65. The molecular weight excluding hydrogens is 262 g/mol. The van der Waals surface area contributed by atoms with Gasteiger partial charge in [-0.05, 0) is 17.5 Å². The summed E-state index contributed by atoms with van der Waals surface area (Å²) in [6.45, 7) is 6.05. The molecule has 0 fully saturated rings. The third-order valence-corrected chi connectivity index (χ3v) is 4.25. The molecule has 104 valence electrons. The number of benzene rings is 1. The second-order valence-electron chi connectivity index (χ2n) is 5.89. The standard InChI is InChI=1S/C13H19N3O2S/c1-13(2,3)11(14)12-15-8-6-5-7-9(10(8)16-12)19(4,17)18/h5-7,11H,14H2,1-4H3,(H,15,16). The maximum atomic E-state index is 11.7. The number of nitrogens with two attached hydrogens (primary N) is 1. The number of fused-ring (bicyclic) bond motifs is 1. The van der Waals surface area contributed by atoms with Crippen molar-refractivity contribution in [2.45, 2.75) is 31.7 Å². The van der Waals surface area contributed by atoms with Gasteiger partial charge in [-0.25, -0.2) is 13.4 Å². The minimum atomic E-state index is -3.30. The lowest BCUT2D eigenvalue weighted by molar-refractivity contribution is 0.317. The molecule has 0 saturated carbocycles. The van der Waals surface area contributed by atoms with Gasteiger partial charge in [0.2, 0.25) is 0 Å². The van der Waals surface area contributed by atoms with E-state index in [2.05, 4.69) is 9.97 Å². The topological polar surface area (TPSA) is 88.8 Å². The molecule has 2 aromatic rings. The van der Waals surface area contributed by atoms with Crippen molar-refractivity contribution in [2.75, 3.05) is 6.26 Å². The van der Waals surface area contributed by atoms with Crippen LogP contribution in [0, 0.1) is 5.41 Å². The van der Waals surface area contributed by atoms with Gasteiger partial charge in [-0.15, -0.1) is 0 Å². The van der Waals surface area contributed by atoms with E-state index in [-0.39, 0.29) is 16.4 Å². The van der Waals surface area contributed by atoms with E-state index in [0.29, 0.717) is 16.9 Å². The molecule has 0 radical (unpaired) electrons. The monoisotopic (exact) mass is 281 g/mol. The highest BCUT2D eigenvalue weighted by Crippen LogP contribution is 2.31. The Labute approximate surface area is 113 Å². The summed E-state index contributed by atoms with van der Waals surface area (Å²) in [4.78, 5) is 7.73. The average molecular weight is 281 g/mol. The highest BCUT2D eigenvalue weighted by molar-refractivity contribution is 7.91. The largest absolute Gasteiger partial charge is 0.341 e. The molecule has 1 unspecified atom stereocenters. The van der Waals surface area contributed by atoms with E-state index in [9.17, 15) is 8.42 Å². The Bertz CT molecular complexity index is 711. The van der Waals surface area contributed by atoms with Gasteiger partial charge in [-0.1, -0.05) is 26.8 Å². The predicted octanol–water partition coefficient (Wildman–Crippen LogP) is 2.01. The molecule has 0 aliphatic rings. The highest BCUT2D eigenvalue weighted by atomic mass is 32.2. The van der Waals surface area contributed by atoms with E-state index < -0.39 is 9.84 Å². The molecule has 1 aromatic heterocycles. The molecule has 1 heterocycles. The molecule has 0 bridgehead atoms. The summed E-state index contributed by atoms with van der Waals surface area (Å²) in [7, 11) is -3.30. The quantitative estimate of drug-likeness (QED) is 0.881. The Morgan fingerprint density at radius 2 is 1.95 bits per heavy atom. The zero-order valence-electron chi connectivity index (χ0n) is 11.6. The third kappa shape index (κ3) is 2.64. The van der Waals surface area contributed by atoms with Gasteiger partial charge in [-0.2, -0.15) is 0 Å². The number of aromatic nitrogens is 2. The van der Waals surface area contributed by atoms with Crippen LogP contribution in [0.5, 0.6) is 0 Å². The number of para-hydroxylation sites is 1. The van der Waals surface area contributed by atoms with Gasteiger partial charge in [0.1, 0.15) is 11.3 Å². The molecule has 0 aliphatic heterocycles. The van der Waals surface area contributed by atoms with Gasteiger partial charge in [0.05, 0.1) is 16.5 Å². The maximum Gasteiger partial charge on any atom is 0.177 e. The first-order chi connectivity index (χ1) is 8.60. The number of nitrogens with zero attached hydrogens (tertiary/aromatic N) is 1. The number of hydrogen-bond donors (Lipinski definition) is 2. The van der Waals surface area contributed by atoms with Crippen molar-refractivity contribution in [2.24, 2.45) is 11.1 Å². The zero-order valence-corrected chi connectivity index (χ0v) is 12.4. The minimum absolute atomic E-state index is 0.154. The first-order valence-electron chi connectivity index (χ1n) is 6.05. The van der Waals surface area contributed by atoms with Crippen LogP contribution in [0.1, 0.15) is 32.6 Å². The average Bonchev–Trinajstić information content (AvgIpc) is 2.67. The van der Waals surface area contributed by atoms with Gasteiger partial charge < -0.3 is 10.7 Å². The summed E-state index contributed by atoms with van der Waals surface area (Å²) in [6, 6.07) is 4.77. The molecule has 6 heteroatoms. The van der Waals surface area contributed by atoms with Crippen molar-refractivity contribution >= 4 is 20.9 Å². The van der Waals surface area contributed by atoms with Gasteiger partial charge in [-0.3, -0.25) is 0 Å². The Morgan fingerprint density at radius 3 is 2.47 bits per heavy atom. The summed E-state index contributed by atoms with van der Waals surface area (Å²) in [5, 5.41) is 0. The molecule has 5 nitrogen and oxygen atoms in total. The van der Waals surface area contributed by atoms with E-state index in [4.69, 9.17) is 5.73 Å². The molecule has 0 amide bonds. The summed E-state index contributed by atoms with van der Waals surface area (Å²) in [6.07, 6.45) is 1.18. The predicted molar refractivity (Wildman–Crippen MR) is 75.6 cm³/mol. The fraction of sp³-hybridized carbons (Fsp3) is 0.462. The molecule has 3 N–H and O–H groups in total. The number of sulfone groups is 1. The third-order valence-electron chi connectivity index (χ3n) is 3.12. The second kappa shape index (κ2) is 4.31. The van der Waals surface area contributed by atoms with E-state index in [0.717, 1.165) is 0 Å². The SMILES string of the molecule is CC(C)(C)C(N)c1nc2c(S(C)(=O)=O)cccc2[nH]1. The number of H-pyrrole nitrogens is 1. The lowest BCUT2D eigenvalue weighted by atomic mass is 9.87. The van der Waals surface area contributed by atoms with Gasteiger partial charge in [0.15, 0.2) is 9.84 Å². The number of hydrogen-bond acceptors (Lipinski definition) is 4. The number of imidazole rings is 1. The Kier molecular flexibility index (Phi) is 3.18. The van der Waals surface area contributed by atoms with Crippen molar-refractivity contribution in [1.29, 1.82) is 0 Å². The molecule has 0 spiro atoms. The van der Waals surface area contributed by atoms with Crippen LogP contribution in [0.4, 0.5) is 0 Å². The van der Waals surface area contributed by atoms with E-state index in [1.165, 1.54) is 6.26 Å².